The Morgan fingerprint density at radius 3 is 2.18 bits per heavy atom. The SMILES string of the molecule is CC(C)CNC[C@@H](O)[C@H](Cc1ccccc1)NC(=O)[C@@H](NC(=O)CNC(C)(C)c1cccc(F)c1)C(C)(C)C. The normalized spacial score (nSPS) is 14.5. The summed E-state index contributed by atoms with van der Waals surface area (Å²) in [4.78, 5) is 26.5. The van der Waals surface area contributed by atoms with Crippen LogP contribution in [0.4, 0.5) is 4.39 Å². The van der Waals surface area contributed by atoms with Gasteiger partial charge in [0.1, 0.15) is 11.9 Å². The van der Waals surface area contributed by atoms with E-state index in [1.807, 2.05) is 65.0 Å². The first-order valence-electron chi connectivity index (χ1n) is 13.7. The van der Waals surface area contributed by atoms with E-state index in [2.05, 4.69) is 35.1 Å². The van der Waals surface area contributed by atoms with Crippen molar-refractivity contribution in [2.45, 2.75) is 78.6 Å². The summed E-state index contributed by atoms with van der Waals surface area (Å²) < 4.78 is 13.7. The maximum atomic E-state index is 13.7. The molecule has 7 nitrogen and oxygen atoms in total. The minimum Gasteiger partial charge on any atom is -0.390 e. The summed E-state index contributed by atoms with van der Waals surface area (Å²) in [6, 6.07) is 14.6. The lowest BCUT2D eigenvalue weighted by Crippen LogP contribution is -2.59. The highest BCUT2D eigenvalue weighted by molar-refractivity contribution is 5.89. The van der Waals surface area contributed by atoms with Gasteiger partial charge in [-0.3, -0.25) is 14.9 Å². The number of aliphatic hydroxyl groups is 1. The van der Waals surface area contributed by atoms with Crippen molar-refractivity contribution >= 4 is 11.8 Å². The quantitative estimate of drug-likeness (QED) is 0.252. The lowest BCUT2D eigenvalue weighted by atomic mass is 9.85. The first-order chi connectivity index (χ1) is 18.2. The largest absolute Gasteiger partial charge is 0.390 e. The van der Waals surface area contributed by atoms with E-state index in [0.717, 1.165) is 12.1 Å². The lowest BCUT2D eigenvalue weighted by molar-refractivity contribution is -0.132. The number of hydrogen-bond acceptors (Lipinski definition) is 5. The molecule has 216 valence electrons. The molecule has 2 aromatic rings. The van der Waals surface area contributed by atoms with Gasteiger partial charge in [0.05, 0.1) is 18.7 Å². The van der Waals surface area contributed by atoms with E-state index in [9.17, 15) is 19.1 Å². The van der Waals surface area contributed by atoms with E-state index < -0.39 is 29.1 Å². The third-order valence-corrected chi connectivity index (χ3v) is 6.67. The molecule has 0 saturated heterocycles. The Balaban J connectivity index is 2.11. The van der Waals surface area contributed by atoms with Crippen molar-refractivity contribution in [3.63, 3.8) is 0 Å². The van der Waals surface area contributed by atoms with Crippen molar-refractivity contribution < 1.29 is 19.1 Å². The number of hydrogen-bond donors (Lipinski definition) is 5. The molecule has 0 aliphatic heterocycles. The monoisotopic (exact) mass is 542 g/mol. The van der Waals surface area contributed by atoms with E-state index in [1.165, 1.54) is 12.1 Å². The molecule has 0 bridgehead atoms. The number of rotatable bonds is 14. The topological polar surface area (TPSA) is 102 Å². The first-order valence-corrected chi connectivity index (χ1v) is 13.7. The second-order valence-electron chi connectivity index (χ2n) is 12.3. The van der Waals surface area contributed by atoms with Gasteiger partial charge >= 0.3 is 0 Å². The Labute approximate surface area is 233 Å². The van der Waals surface area contributed by atoms with Crippen molar-refractivity contribution in [3.05, 3.63) is 71.5 Å². The molecule has 5 N–H and O–H groups in total. The van der Waals surface area contributed by atoms with Crippen LogP contribution < -0.4 is 21.3 Å². The summed E-state index contributed by atoms with van der Waals surface area (Å²) in [6.07, 6.45) is -0.372. The Bertz CT molecular complexity index is 1050. The van der Waals surface area contributed by atoms with Gasteiger partial charge in [-0.2, -0.15) is 0 Å². The van der Waals surface area contributed by atoms with Crippen LogP contribution in [0.5, 0.6) is 0 Å². The lowest BCUT2D eigenvalue weighted by Gasteiger charge is -2.34. The van der Waals surface area contributed by atoms with Crippen molar-refractivity contribution in [2.24, 2.45) is 11.3 Å². The smallest absolute Gasteiger partial charge is 0.243 e. The van der Waals surface area contributed by atoms with E-state index in [-0.39, 0.29) is 24.2 Å². The highest BCUT2D eigenvalue weighted by Crippen LogP contribution is 2.22. The van der Waals surface area contributed by atoms with Gasteiger partial charge in [0, 0.05) is 12.1 Å². The molecular weight excluding hydrogens is 495 g/mol. The van der Waals surface area contributed by atoms with Crippen LogP contribution in [0.1, 0.15) is 59.6 Å². The average molecular weight is 543 g/mol. The highest BCUT2D eigenvalue weighted by atomic mass is 19.1. The zero-order chi connectivity index (χ0) is 29.2. The second kappa shape index (κ2) is 14.5. The summed E-state index contributed by atoms with van der Waals surface area (Å²) in [5.41, 5.74) is 0.457. The zero-order valence-electron chi connectivity index (χ0n) is 24.5. The van der Waals surface area contributed by atoms with Crippen LogP contribution in [0.15, 0.2) is 54.6 Å². The number of nitrogens with one attached hydrogen (secondary N) is 4. The van der Waals surface area contributed by atoms with Gasteiger partial charge in [-0.1, -0.05) is 77.1 Å². The molecule has 0 radical (unpaired) electrons. The predicted octanol–water partition coefficient (Wildman–Crippen LogP) is 3.52. The minimum atomic E-state index is -0.835. The van der Waals surface area contributed by atoms with Gasteiger partial charge in [-0.15, -0.1) is 0 Å². The molecule has 0 aliphatic rings. The fourth-order valence-electron chi connectivity index (χ4n) is 4.25. The predicted molar refractivity (Wildman–Crippen MR) is 155 cm³/mol. The standard InChI is InChI=1S/C31H47FN4O3/c1-21(2)18-33-19-26(37)25(16-22-12-9-8-10-13-22)35-29(39)28(30(3,4)5)36-27(38)20-34-31(6,7)23-14-11-15-24(32)17-23/h8-15,17,21,25-26,28,33-34,37H,16,18-20H2,1-7H3,(H,35,39)(H,36,38)/t25-,26+,28+/m0/s1. The minimum absolute atomic E-state index is 0.0570. The third-order valence-electron chi connectivity index (χ3n) is 6.67. The van der Waals surface area contributed by atoms with Crippen molar-refractivity contribution in [1.29, 1.82) is 0 Å². The maximum absolute atomic E-state index is 13.7. The number of carbonyl (C=O) groups is 2. The van der Waals surface area contributed by atoms with E-state index in [0.29, 0.717) is 24.4 Å². The van der Waals surface area contributed by atoms with Crippen LogP contribution in [0, 0.1) is 17.2 Å². The molecule has 0 heterocycles. The molecule has 0 aliphatic carbocycles. The fraction of sp³-hybridized carbons (Fsp3) is 0.548. The molecule has 0 aromatic heterocycles. The Hall–Kier alpha value is -2.81. The molecule has 0 saturated carbocycles. The number of carbonyl (C=O) groups excluding carboxylic acids is 2. The van der Waals surface area contributed by atoms with Crippen LogP contribution >= 0.6 is 0 Å². The average Bonchev–Trinajstić information content (AvgIpc) is 2.85. The number of amides is 2. The molecule has 2 rings (SSSR count). The highest BCUT2D eigenvalue weighted by Gasteiger charge is 2.35. The van der Waals surface area contributed by atoms with Gasteiger partial charge in [0.2, 0.25) is 11.8 Å². The van der Waals surface area contributed by atoms with Crippen LogP contribution in [0.25, 0.3) is 0 Å². The zero-order valence-corrected chi connectivity index (χ0v) is 24.5. The van der Waals surface area contributed by atoms with Crippen LogP contribution in [-0.2, 0) is 21.5 Å². The Morgan fingerprint density at radius 2 is 1.59 bits per heavy atom. The molecule has 8 heteroatoms. The summed E-state index contributed by atoms with van der Waals surface area (Å²) in [5.74, 6) is -0.625. The molecule has 2 amide bonds. The number of benzene rings is 2. The molecular formula is C31H47FN4O3. The second-order valence-corrected chi connectivity index (χ2v) is 12.3. The van der Waals surface area contributed by atoms with Crippen LogP contribution in [-0.4, -0.2) is 54.7 Å². The molecule has 0 unspecified atom stereocenters. The van der Waals surface area contributed by atoms with E-state index >= 15 is 0 Å². The third kappa shape index (κ3) is 11.1. The molecule has 0 fully saturated rings. The summed E-state index contributed by atoms with van der Waals surface area (Å²) in [6.45, 7) is 14.6. The van der Waals surface area contributed by atoms with Gasteiger partial charge in [-0.25, -0.2) is 4.39 Å². The van der Waals surface area contributed by atoms with E-state index in [4.69, 9.17) is 0 Å². The van der Waals surface area contributed by atoms with Crippen molar-refractivity contribution in [2.75, 3.05) is 19.6 Å². The number of halogens is 1. The van der Waals surface area contributed by atoms with Crippen LogP contribution in [0.3, 0.4) is 0 Å². The van der Waals surface area contributed by atoms with E-state index in [1.54, 1.807) is 12.1 Å². The molecule has 0 spiro atoms. The van der Waals surface area contributed by atoms with Gasteiger partial charge in [0.25, 0.3) is 0 Å². The molecule has 2 aromatic carbocycles. The molecule has 3 atom stereocenters. The Morgan fingerprint density at radius 1 is 0.923 bits per heavy atom. The van der Waals surface area contributed by atoms with Crippen molar-refractivity contribution in [1.82, 2.24) is 21.3 Å². The maximum Gasteiger partial charge on any atom is 0.243 e. The van der Waals surface area contributed by atoms with Gasteiger partial charge < -0.3 is 21.1 Å². The van der Waals surface area contributed by atoms with Crippen molar-refractivity contribution in [3.8, 4) is 0 Å². The first kappa shape index (κ1) is 32.4. The summed E-state index contributed by atoms with van der Waals surface area (Å²) in [5, 5.41) is 23.3. The summed E-state index contributed by atoms with van der Waals surface area (Å²) >= 11 is 0. The fourth-order valence-corrected chi connectivity index (χ4v) is 4.25. The van der Waals surface area contributed by atoms with Crippen LogP contribution in [0.2, 0.25) is 0 Å². The molecule has 39 heavy (non-hydrogen) atoms. The van der Waals surface area contributed by atoms with Gasteiger partial charge in [-0.05, 0) is 61.4 Å². The number of aliphatic hydroxyl groups excluding tert-OH is 1. The van der Waals surface area contributed by atoms with Gasteiger partial charge in [0.15, 0.2) is 0 Å². The Kier molecular flexibility index (Phi) is 12.1. The summed E-state index contributed by atoms with van der Waals surface area (Å²) in [7, 11) is 0.